The first-order valence-corrected chi connectivity index (χ1v) is 5.67. The van der Waals surface area contributed by atoms with Crippen LogP contribution in [0.2, 0.25) is 0 Å². The molecule has 0 aliphatic carbocycles. The summed E-state index contributed by atoms with van der Waals surface area (Å²) in [5.41, 5.74) is 4.50. The summed E-state index contributed by atoms with van der Waals surface area (Å²) in [6, 6.07) is 0. The molecule has 2 nitrogen and oxygen atoms in total. The quantitative estimate of drug-likeness (QED) is 0.572. The largest absolute Gasteiger partial charge is 0.355 e. The molecule has 0 aromatic rings. The van der Waals surface area contributed by atoms with Crippen LogP contribution < -0.4 is 5.32 Å². The highest BCUT2D eigenvalue weighted by atomic mass is 16.1. The second kappa shape index (κ2) is 7.04. The van der Waals surface area contributed by atoms with Crippen molar-refractivity contribution in [2.75, 3.05) is 7.05 Å². The Bertz CT molecular complexity index is 346. The van der Waals surface area contributed by atoms with Crippen molar-refractivity contribution in [3.63, 3.8) is 0 Å². The van der Waals surface area contributed by atoms with E-state index >= 15 is 0 Å². The van der Waals surface area contributed by atoms with Gasteiger partial charge in [-0.25, -0.2) is 0 Å². The fourth-order valence-electron chi connectivity index (χ4n) is 1.39. The lowest BCUT2D eigenvalue weighted by Crippen LogP contribution is -2.18. The van der Waals surface area contributed by atoms with Crippen LogP contribution in [-0.4, -0.2) is 13.0 Å². The van der Waals surface area contributed by atoms with Gasteiger partial charge in [-0.15, -0.1) is 0 Å². The average Bonchev–Trinajstić information content (AvgIpc) is 2.26. The Labute approximate surface area is 99.1 Å². The zero-order valence-corrected chi connectivity index (χ0v) is 11.3. The van der Waals surface area contributed by atoms with Gasteiger partial charge in [0.1, 0.15) is 0 Å². The van der Waals surface area contributed by atoms with Crippen molar-refractivity contribution < 1.29 is 4.79 Å². The van der Waals surface area contributed by atoms with Gasteiger partial charge >= 0.3 is 0 Å². The highest BCUT2D eigenvalue weighted by molar-refractivity contribution is 5.93. The molecule has 0 aliphatic rings. The van der Waals surface area contributed by atoms with Gasteiger partial charge in [-0.1, -0.05) is 35.8 Å². The van der Waals surface area contributed by atoms with Crippen LogP contribution in [0.15, 0.2) is 34.4 Å². The standard InChI is InChI=1S/C14H23NO/c1-7-11(3)12(4)8-10(2)9-13(5)14(16)15-6/h8-9H,7H2,1-6H3,(H,15,16)/b10-8-,12-11+,13-9+. The first-order chi connectivity index (χ1) is 7.42. The molecule has 2 heteroatoms. The minimum atomic E-state index is -0.0263. The molecule has 0 aliphatic heterocycles. The van der Waals surface area contributed by atoms with Crippen LogP contribution in [0.3, 0.4) is 0 Å². The van der Waals surface area contributed by atoms with Gasteiger partial charge < -0.3 is 5.32 Å². The number of hydrogen-bond acceptors (Lipinski definition) is 1. The van der Waals surface area contributed by atoms with Gasteiger partial charge in [-0.2, -0.15) is 0 Å². The van der Waals surface area contributed by atoms with E-state index in [1.54, 1.807) is 7.05 Å². The molecule has 0 saturated carbocycles. The minimum Gasteiger partial charge on any atom is -0.355 e. The molecule has 0 heterocycles. The van der Waals surface area contributed by atoms with Crippen LogP contribution in [0, 0.1) is 0 Å². The molecule has 0 bridgehead atoms. The number of amides is 1. The first kappa shape index (κ1) is 14.7. The predicted octanol–water partition coefficient (Wildman–Crippen LogP) is 3.37. The highest BCUT2D eigenvalue weighted by Gasteiger charge is 2.00. The Hall–Kier alpha value is -1.31. The lowest BCUT2D eigenvalue weighted by Gasteiger charge is -2.03. The third-order valence-corrected chi connectivity index (χ3v) is 2.68. The predicted molar refractivity (Wildman–Crippen MR) is 70.2 cm³/mol. The van der Waals surface area contributed by atoms with Crippen molar-refractivity contribution >= 4 is 5.91 Å². The van der Waals surface area contributed by atoms with E-state index < -0.39 is 0 Å². The van der Waals surface area contributed by atoms with Gasteiger partial charge in [0.05, 0.1) is 0 Å². The fourth-order valence-corrected chi connectivity index (χ4v) is 1.39. The molecule has 0 atom stereocenters. The van der Waals surface area contributed by atoms with Gasteiger partial charge in [0.25, 0.3) is 0 Å². The molecular weight excluding hydrogens is 198 g/mol. The van der Waals surface area contributed by atoms with Crippen LogP contribution in [0.4, 0.5) is 0 Å². The summed E-state index contributed by atoms with van der Waals surface area (Å²) >= 11 is 0. The van der Waals surface area contributed by atoms with E-state index in [9.17, 15) is 4.79 Å². The van der Waals surface area contributed by atoms with Crippen molar-refractivity contribution in [1.29, 1.82) is 0 Å². The SMILES string of the molecule is CC/C(C)=C(C)/C=C(C)\C=C(/C)C(=O)NC. The second-order valence-electron chi connectivity index (χ2n) is 4.11. The van der Waals surface area contributed by atoms with E-state index in [0.29, 0.717) is 0 Å². The second-order valence-corrected chi connectivity index (χ2v) is 4.11. The van der Waals surface area contributed by atoms with E-state index in [1.165, 1.54) is 11.1 Å². The topological polar surface area (TPSA) is 29.1 Å². The Morgan fingerprint density at radius 2 is 1.69 bits per heavy atom. The number of nitrogens with one attached hydrogen (secondary N) is 1. The molecule has 1 amide bonds. The van der Waals surface area contributed by atoms with E-state index in [-0.39, 0.29) is 5.91 Å². The maximum atomic E-state index is 11.3. The van der Waals surface area contributed by atoms with E-state index in [2.05, 4.69) is 32.2 Å². The molecule has 0 rings (SSSR count). The van der Waals surface area contributed by atoms with Gasteiger partial charge in [-0.05, 0) is 34.1 Å². The van der Waals surface area contributed by atoms with Gasteiger partial charge in [0, 0.05) is 12.6 Å². The molecule has 0 unspecified atom stereocenters. The number of rotatable bonds is 4. The number of carbonyl (C=O) groups is 1. The molecule has 1 N–H and O–H groups in total. The van der Waals surface area contributed by atoms with Crippen molar-refractivity contribution in [1.82, 2.24) is 5.32 Å². The van der Waals surface area contributed by atoms with Crippen molar-refractivity contribution in [2.45, 2.75) is 41.0 Å². The van der Waals surface area contributed by atoms with Gasteiger partial charge in [0.15, 0.2) is 0 Å². The number of allylic oxidation sites excluding steroid dienone is 5. The lowest BCUT2D eigenvalue weighted by atomic mass is 10.1. The highest BCUT2D eigenvalue weighted by Crippen LogP contribution is 2.12. The molecular formula is C14H23NO. The van der Waals surface area contributed by atoms with E-state index in [4.69, 9.17) is 0 Å². The van der Waals surface area contributed by atoms with Crippen LogP contribution in [0.1, 0.15) is 41.0 Å². The third-order valence-electron chi connectivity index (χ3n) is 2.68. The first-order valence-electron chi connectivity index (χ1n) is 5.67. The van der Waals surface area contributed by atoms with Crippen LogP contribution >= 0.6 is 0 Å². The van der Waals surface area contributed by atoms with Crippen molar-refractivity contribution in [3.05, 3.63) is 34.4 Å². The van der Waals surface area contributed by atoms with Crippen molar-refractivity contribution in [2.24, 2.45) is 0 Å². The minimum absolute atomic E-state index is 0.0263. The maximum Gasteiger partial charge on any atom is 0.246 e. The summed E-state index contributed by atoms with van der Waals surface area (Å²) < 4.78 is 0. The zero-order chi connectivity index (χ0) is 12.7. The molecule has 0 aromatic heterocycles. The molecule has 0 saturated heterocycles. The van der Waals surface area contributed by atoms with E-state index in [0.717, 1.165) is 17.6 Å². The molecule has 0 radical (unpaired) electrons. The maximum absolute atomic E-state index is 11.3. The van der Waals surface area contributed by atoms with Crippen LogP contribution in [0.25, 0.3) is 0 Å². The lowest BCUT2D eigenvalue weighted by molar-refractivity contribution is -0.116. The Kier molecular flexibility index (Phi) is 6.47. The number of likely N-dealkylation sites (N-methyl/N-ethyl adjacent to an activating group) is 1. The van der Waals surface area contributed by atoms with E-state index in [1.807, 2.05) is 19.9 Å². The summed E-state index contributed by atoms with van der Waals surface area (Å²) in [5, 5.41) is 2.61. The van der Waals surface area contributed by atoms with Gasteiger partial charge in [-0.3, -0.25) is 4.79 Å². The number of hydrogen-bond donors (Lipinski definition) is 1. The third kappa shape index (κ3) is 4.96. The Balaban J connectivity index is 4.89. The summed E-state index contributed by atoms with van der Waals surface area (Å²) in [7, 11) is 1.64. The smallest absolute Gasteiger partial charge is 0.246 e. The normalized spacial score (nSPS) is 14.6. The fraction of sp³-hybridized carbons (Fsp3) is 0.500. The zero-order valence-electron chi connectivity index (χ0n) is 11.3. The Morgan fingerprint density at radius 3 is 2.12 bits per heavy atom. The molecule has 16 heavy (non-hydrogen) atoms. The molecule has 0 fully saturated rings. The Morgan fingerprint density at radius 1 is 1.12 bits per heavy atom. The van der Waals surface area contributed by atoms with Gasteiger partial charge in [0.2, 0.25) is 5.91 Å². The van der Waals surface area contributed by atoms with Crippen LogP contribution in [-0.2, 0) is 4.79 Å². The summed E-state index contributed by atoms with van der Waals surface area (Å²) in [4.78, 5) is 11.3. The molecule has 0 spiro atoms. The van der Waals surface area contributed by atoms with Crippen molar-refractivity contribution in [3.8, 4) is 0 Å². The van der Waals surface area contributed by atoms with Crippen LogP contribution in [0.5, 0.6) is 0 Å². The molecule has 90 valence electrons. The summed E-state index contributed by atoms with van der Waals surface area (Å²) in [6.45, 7) is 10.2. The average molecular weight is 221 g/mol. The monoisotopic (exact) mass is 221 g/mol. The molecule has 0 aromatic carbocycles. The summed E-state index contributed by atoms with van der Waals surface area (Å²) in [5.74, 6) is -0.0263. The number of carbonyl (C=O) groups excluding carboxylic acids is 1. The summed E-state index contributed by atoms with van der Waals surface area (Å²) in [6.07, 6.45) is 5.09.